The molecule has 0 fully saturated rings. The van der Waals surface area contributed by atoms with Gasteiger partial charge in [0.1, 0.15) is 18.1 Å². The number of nitrogens with zero attached hydrogens (tertiary/aromatic N) is 2. The van der Waals surface area contributed by atoms with Gasteiger partial charge in [-0.25, -0.2) is 13.4 Å². The van der Waals surface area contributed by atoms with Crippen LogP contribution in [0.4, 0.5) is 5.13 Å². The molecular formula is C18H19N3O3S2. The zero-order valence-electron chi connectivity index (χ0n) is 14.3. The number of rotatable bonds is 8. The molecule has 0 radical (unpaired) electrons. The Labute approximate surface area is 157 Å². The number of aryl methyl sites for hydroxylation is 1. The molecule has 3 rings (SSSR count). The number of pyridine rings is 1. The Morgan fingerprint density at radius 2 is 2.00 bits per heavy atom. The summed E-state index contributed by atoms with van der Waals surface area (Å²) in [6.07, 6.45) is 4.31. The highest BCUT2D eigenvalue weighted by Gasteiger charge is 2.14. The molecule has 0 saturated carbocycles. The molecule has 136 valence electrons. The number of nitrogens with one attached hydrogen (secondary N) is 1. The fraction of sp³-hybridized carbons (Fsp3) is 0.222. The average molecular weight is 390 g/mol. The average Bonchev–Trinajstić information content (AvgIpc) is 3.10. The van der Waals surface area contributed by atoms with E-state index in [0.717, 1.165) is 12.0 Å². The van der Waals surface area contributed by atoms with Crippen molar-refractivity contribution in [2.24, 2.45) is 0 Å². The van der Waals surface area contributed by atoms with Gasteiger partial charge in [-0.3, -0.25) is 9.71 Å². The van der Waals surface area contributed by atoms with Crippen LogP contribution in [0.1, 0.15) is 12.5 Å². The van der Waals surface area contributed by atoms with E-state index in [1.54, 1.807) is 17.8 Å². The SMILES string of the molecule is CCc1ccc(OCCS(=O)(=O)Nc2nc(-c3cccnc3)cs2)cc1. The molecule has 0 atom stereocenters. The molecule has 8 heteroatoms. The normalized spacial score (nSPS) is 11.3. The molecule has 1 aromatic carbocycles. The summed E-state index contributed by atoms with van der Waals surface area (Å²) in [5.41, 5.74) is 2.74. The summed E-state index contributed by atoms with van der Waals surface area (Å²) in [5.74, 6) is 0.509. The third-order valence-electron chi connectivity index (χ3n) is 3.66. The third-order valence-corrected chi connectivity index (χ3v) is 5.75. The Bertz CT molecular complexity index is 939. The van der Waals surface area contributed by atoms with Crippen molar-refractivity contribution >= 4 is 26.5 Å². The van der Waals surface area contributed by atoms with Crippen LogP contribution in [0.5, 0.6) is 5.75 Å². The van der Waals surface area contributed by atoms with Gasteiger partial charge in [-0.15, -0.1) is 11.3 Å². The maximum atomic E-state index is 12.2. The van der Waals surface area contributed by atoms with Gasteiger partial charge in [0.15, 0.2) is 5.13 Å². The maximum Gasteiger partial charge on any atom is 0.237 e. The molecule has 3 aromatic rings. The lowest BCUT2D eigenvalue weighted by Gasteiger charge is -2.08. The maximum absolute atomic E-state index is 12.2. The summed E-state index contributed by atoms with van der Waals surface area (Å²) in [6, 6.07) is 11.3. The van der Waals surface area contributed by atoms with Crippen molar-refractivity contribution in [1.82, 2.24) is 9.97 Å². The summed E-state index contributed by atoms with van der Waals surface area (Å²) < 4.78 is 32.4. The first kappa shape index (κ1) is 18.3. The first-order valence-electron chi connectivity index (χ1n) is 8.14. The summed E-state index contributed by atoms with van der Waals surface area (Å²) in [4.78, 5) is 8.33. The van der Waals surface area contributed by atoms with Gasteiger partial charge in [0.05, 0.1) is 5.69 Å². The Morgan fingerprint density at radius 1 is 1.19 bits per heavy atom. The van der Waals surface area contributed by atoms with Crippen LogP contribution in [0.2, 0.25) is 0 Å². The Balaban J connectivity index is 1.54. The molecule has 0 bridgehead atoms. The van der Waals surface area contributed by atoms with Crippen molar-refractivity contribution in [3.05, 3.63) is 59.7 Å². The van der Waals surface area contributed by atoms with Crippen LogP contribution in [-0.4, -0.2) is 30.7 Å². The minimum Gasteiger partial charge on any atom is -0.492 e. The zero-order chi connectivity index (χ0) is 18.4. The first-order chi connectivity index (χ1) is 12.6. The second-order valence-electron chi connectivity index (χ2n) is 5.55. The molecular weight excluding hydrogens is 370 g/mol. The van der Waals surface area contributed by atoms with Gasteiger partial charge in [0.25, 0.3) is 0 Å². The van der Waals surface area contributed by atoms with Crippen LogP contribution in [0.15, 0.2) is 54.2 Å². The fourth-order valence-corrected chi connectivity index (χ4v) is 4.10. The number of sulfonamides is 1. The largest absolute Gasteiger partial charge is 0.492 e. The van der Waals surface area contributed by atoms with Gasteiger partial charge in [-0.2, -0.15) is 0 Å². The minimum atomic E-state index is -3.53. The Hall–Kier alpha value is -2.45. The number of hydrogen-bond acceptors (Lipinski definition) is 6. The number of ether oxygens (including phenoxy) is 1. The van der Waals surface area contributed by atoms with E-state index in [1.165, 1.54) is 16.9 Å². The van der Waals surface area contributed by atoms with E-state index >= 15 is 0 Å². The molecule has 26 heavy (non-hydrogen) atoms. The number of thiazole rings is 1. The molecule has 0 unspecified atom stereocenters. The standard InChI is InChI=1S/C18H19N3O3S2/c1-2-14-5-7-16(8-6-14)24-10-11-26(22,23)21-18-20-17(13-25-18)15-4-3-9-19-12-15/h3-9,12-13H,2,10-11H2,1H3,(H,20,21). The van der Waals surface area contributed by atoms with Gasteiger partial charge in [0, 0.05) is 23.3 Å². The zero-order valence-corrected chi connectivity index (χ0v) is 15.9. The number of benzene rings is 1. The van der Waals surface area contributed by atoms with E-state index in [0.29, 0.717) is 16.6 Å². The molecule has 0 amide bonds. The van der Waals surface area contributed by atoms with Crippen LogP contribution in [0, 0.1) is 0 Å². The second kappa shape index (κ2) is 8.29. The van der Waals surface area contributed by atoms with Crippen molar-refractivity contribution in [2.45, 2.75) is 13.3 Å². The first-order valence-corrected chi connectivity index (χ1v) is 10.7. The molecule has 6 nitrogen and oxygen atoms in total. The Kier molecular flexibility index (Phi) is 5.85. The summed E-state index contributed by atoms with van der Waals surface area (Å²) in [7, 11) is -3.53. The third kappa shape index (κ3) is 5.03. The van der Waals surface area contributed by atoms with Gasteiger partial charge >= 0.3 is 0 Å². The van der Waals surface area contributed by atoms with Gasteiger partial charge in [0.2, 0.25) is 10.0 Å². The molecule has 0 saturated heterocycles. The van der Waals surface area contributed by atoms with Crippen molar-refractivity contribution in [3.8, 4) is 17.0 Å². The number of hydrogen-bond donors (Lipinski definition) is 1. The van der Waals surface area contributed by atoms with Crippen molar-refractivity contribution < 1.29 is 13.2 Å². The summed E-state index contributed by atoms with van der Waals surface area (Å²) in [6.45, 7) is 2.15. The fourth-order valence-electron chi connectivity index (χ4n) is 2.24. The van der Waals surface area contributed by atoms with Gasteiger partial charge in [-0.05, 0) is 36.2 Å². The highest BCUT2D eigenvalue weighted by molar-refractivity contribution is 7.92. The van der Waals surface area contributed by atoms with E-state index in [2.05, 4.69) is 21.6 Å². The van der Waals surface area contributed by atoms with Crippen molar-refractivity contribution in [1.29, 1.82) is 0 Å². The molecule has 0 aliphatic carbocycles. The van der Waals surface area contributed by atoms with Gasteiger partial charge < -0.3 is 4.74 Å². The quantitative estimate of drug-likeness (QED) is 0.637. The predicted molar refractivity (Wildman–Crippen MR) is 104 cm³/mol. The van der Waals surface area contributed by atoms with Crippen LogP contribution < -0.4 is 9.46 Å². The molecule has 0 aliphatic rings. The van der Waals surface area contributed by atoms with E-state index in [1.807, 2.05) is 36.4 Å². The van der Waals surface area contributed by atoms with Crippen LogP contribution >= 0.6 is 11.3 Å². The topological polar surface area (TPSA) is 81.2 Å². The van der Waals surface area contributed by atoms with Crippen molar-refractivity contribution in [2.75, 3.05) is 17.1 Å². The highest BCUT2D eigenvalue weighted by Crippen LogP contribution is 2.24. The lowest BCUT2D eigenvalue weighted by Crippen LogP contribution is -2.21. The Morgan fingerprint density at radius 3 is 2.69 bits per heavy atom. The van der Waals surface area contributed by atoms with E-state index in [-0.39, 0.29) is 12.4 Å². The summed E-state index contributed by atoms with van der Waals surface area (Å²) >= 11 is 1.24. The molecule has 0 aliphatic heterocycles. The molecule has 0 spiro atoms. The smallest absolute Gasteiger partial charge is 0.237 e. The van der Waals surface area contributed by atoms with Crippen molar-refractivity contribution in [3.63, 3.8) is 0 Å². The van der Waals surface area contributed by atoms with Crippen LogP contribution in [0.25, 0.3) is 11.3 Å². The summed E-state index contributed by atoms with van der Waals surface area (Å²) in [5, 5.41) is 2.12. The van der Waals surface area contributed by atoms with Gasteiger partial charge in [-0.1, -0.05) is 19.1 Å². The monoisotopic (exact) mass is 389 g/mol. The highest BCUT2D eigenvalue weighted by atomic mass is 32.2. The number of anilines is 1. The number of aromatic nitrogens is 2. The second-order valence-corrected chi connectivity index (χ2v) is 8.25. The van der Waals surface area contributed by atoms with E-state index in [9.17, 15) is 8.42 Å². The molecule has 2 aromatic heterocycles. The molecule has 2 heterocycles. The van der Waals surface area contributed by atoms with Crippen LogP contribution in [0.3, 0.4) is 0 Å². The predicted octanol–water partition coefficient (Wildman–Crippen LogP) is 3.59. The minimum absolute atomic E-state index is 0.0711. The van der Waals surface area contributed by atoms with Crippen LogP contribution in [-0.2, 0) is 16.4 Å². The lowest BCUT2D eigenvalue weighted by atomic mass is 10.2. The molecule has 1 N–H and O–H groups in total. The lowest BCUT2D eigenvalue weighted by molar-refractivity contribution is 0.341. The van der Waals surface area contributed by atoms with E-state index in [4.69, 9.17) is 4.74 Å². The van der Waals surface area contributed by atoms with E-state index < -0.39 is 10.0 Å².